The second-order valence-corrected chi connectivity index (χ2v) is 1.45. The van der Waals surface area contributed by atoms with Crippen LogP contribution in [0.1, 0.15) is 6.92 Å². The lowest BCUT2D eigenvalue weighted by Crippen LogP contribution is -2.38. The molecule has 0 N–H and O–H groups in total. The monoisotopic (exact) mass is 164 g/mol. The van der Waals surface area contributed by atoms with E-state index in [1.807, 2.05) is 0 Å². The van der Waals surface area contributed by atoms with Crippen LogP contribution in [-0.4, -0.2) is 18.9 Å². The van der Waals surface area contributed by atoms with E-state index >= 15 is 0 Å². The summed E-state index contributed by atoms with van der Waals surface area (Å²) in [5.41, 5.74) is 0. The van der Waals surface area contributed by atoms with Crippen LogP contribution in [0.15, 0.2) is 0 Å². The van der Waals surface area contributed by atoms with Crippen molar-refractivity contribution in [2.75, 3.05) is 6.61 Å². The molecule has 0 bridgehead atoms. The van der Waals surface area contributed by atoms with Gasteiger partial charge in [-0.25, -0.2) is 0 Å². The average molecular weight is 164 g/mol. The maximum Gasteiger partial charge on any atom is 0.482 e. The summed E-state index contributed by atoms with van der Waals surface area (Å²) in [5, 5.41) is 0. The van der Waals surface area contributed by atoms with Gasteiger partial charge in [0, 0.05) is 0 Å². The Bertz CT molecular complexity index is 107. The van der Waals surface area contributed by atoms with Gasteiger partial charge in [-0.3, -0.25) is 0 Å². The van der Waals surface area contributed by atoms with Crippen molar-refractivity contribution < 1.29 is 26.7 Å². The predicted octanol–water partition coefficient (Wildman–Crippen LogP) is 2.18. The van der Waals surface area contributed by atoms with Crippen molar-refractivity contribution in [1.82, 2.24) is 0 Å². The quantitative estimate of drug-likeness (QED) is 0.568. The maximum atomic E-state index is 11.6. The Kier molecular flexibility index (Phi) is 2.59. The van der Waals surface area contributed by atoms with E-state index in [0.717, 1.165) is 6.92 Å². The summed E-state index contributed by atoms with van der Waals surface area (Å²) in [6.07, 6.45) is -10.6. The van der Waals surface area contributed by atoms with Crippen LogP contribution in [0.5, 0.6) is 0 Å². The first-order valence-corrected chi connectivity index (χ1v) is 2.39. The first-order chi connectivity index (χ1) is 4.31. The first-order valence-electron chi connectivity index (χ1n) is 2.39. The number of halogens is 5. The minimum absolute atomic E-state index is 0.674. The number of alkyl halides is 5. The number of hydrogen-bond donors (Lipinski definition) is 0. The van der Waals surface area contributed by atoms with Crippen molar-refractivity contribution in [1.29, 1.82) is 0 Å². The highest BCUT2D eigenvalue weighted by molar-refractivity contribution is 4.62. The number of ether oxygens (including phenoxy) is 1. The normalized spacial score (nSPS) is 13.8. The van der Waals surface area contributed by atoms with Crippen LogP contribution >= 0.6 is 0 Å². The lowest BCUT2D eigenvalue weighted by atomic mass is 10.6. The van der Waals surface area contributed by atoms with Crippen molar-refractivity contribution in [3.8, 4) is 0 Å². The Labute approximate surface area is 53.8 Å². The molecule has 0 saturated carbocycles. The van der Waals surface area contributed by atoms with Crippen LogP contribution in [0.25, 0.3) is 0 Å². The van der Waals surface area contributed by atoms with E-state index in [-0.39, 0.29) is 0 Å². The summed E-state index contributed by atoms with van der Waals surface area (Å²) in [7, 11) is 0. The van der Waals surface area contributed by atoms with Crippen molar-refractivity contribution in [2.45, 2.75) is 19.2 Å². The van der Waals surface area contributed by atoms with Gasteiger partial charge in [0.25, 0.3) is 0 Å². The maximum absolute atomic E-state index is 11.6. The second-order valence-electron chi connectivity index (χ2n) is 1.45. The van der Waals surface area contributed by atoms with Gasteiger partial charge in [-0.1, -0.05) is 0 Å². The van der Waals surface area contributed by atoms with Crippen LogP contribution in [-0.2, 0) is 4.74 Å². The molecule has 0 radical (unpaired) electrons. The molecule has 0 atom stereocenters. The van der Waals surface area contributed by atoms with E-state index in [2.05, 4.69) is 4.74 Å². The molecule has 10 heavy (non-hydrogen) atoms. The molecule has 0 rings (SSSR count). The van der Waals surface area contributed by atoms with E-state index in [1.54, 1.807) is 0 Å². The van der Waals surface area contributed by atoms with Crippen molar-refractivity contribution >= 4 is 0 Å². The van der Waals surface area contributed by atoms with Gasteiger partial charge < -0.3 is 4.74 Å². The second kappa shape index (κ2) is 2.69. The van der Waals surface area contributed by atoms with Crippen molar-refractivity contribution in [3.05, 3.63) is 0 Å². The molecular formula is C4H5F5O. The molecule has 0 aliphatic heterocycles. The summed E-state index contributed by atoms with van der Waals surface area (Å²) in [6, 6.07) is 0. The van der Waals surface area contributed by atoms with Crippen LogP contribution in [0.4, 0.5) is 22.0 Å². The molecule has 0 amide bonds. The molecular weight excluding hydrogens is 159 g/mol. The Balaban J connectivity index is 4.10. The van der Waals surface area contributed by atoms with Gasteiger partial charge in [0.1, 0.15) is 0 Å². The standard InChI is InChI=1S/C4H5F5O/c1-2-10-4(8,9)3(5,6)7/h2H2,1H3. The van der Waals surface area contributed by atoms with E-state index < -0.39 is 18.9 Å². The van der Waals surface area contributed by atoms with E-state index in [1.165, 1.54) is 0 Å². The summed E-state index contributed by atoms with van der Waals surface area (Å²) in [4.78, 5) is 0. The predicted molar refractivity (Wildman–Crippen MR) is 22.6 cm³/mol. The van der Waals surface area contributed by atoms with E-state index in [4.69, 9.17) is 0 Å². The fourth-order valence-corrected chi connectivity index (χ4v) is 0.263. The first kappa shape index (κ1) is 9.61. The molecule has 0 aromatic rings. The lowest BCUT2D eigenvalue weighted by Gasteiger charge is -2.17. The van der Waals surface area contributed by atoms with E-state index in [9.17, 15) is 22.0 Å². The number of hydrogen-bond acceptors (Lipinski definition) is 1. The van der Waals surface area contributed by atoms with Gasteiger partial charge in [-0.05, 0) is 6.92 Å². The minimum atomic E-state index is -5.61. The molecule has 0 aromatic heterocycles. The molecule has 0 spiro atoms. The molecule has 0 heterocycles. The molecule has 0 unspecified atom stereocenters. The zero-order valence-electron chi connectivity index (χ0n) is 5.01. The Morgan fingerprint density at radius 1 is 1.10 bits per heavy atom. The molecule has 0 aliphatic rings. The third kappa shape index (κ3) is 2.09. The minimum Gasteiger partial charge on any atom is -0.314 e. The van der Waals surface area contributed by atoms with Crippen LogP contribution in [0.2, 0.25) is 0 Å². The molecule has 0 fully saturated rings. The molecule has 0 saturated heterocycles. The van der Waals surface area contributed by atoms with Crippen LogP contribution in [0.3, 0.4) is 0 Å². The van der Waals surface area contributed by atoms with Crippen LogP contribution < -0.4 is 0 Å². The lowest BCUT2D eigenvalue weighted by molar-refractivity contribution is -0.390. The van der Waals surface area contributed by atoms with Gasteiger partial charge in [0.2, 0.25) is 0 Å². The van der Waals surface area contributed by atoms with Gasteiger partial charge in [0.05, 0.1) is 6.61 Å². The number of rotatable bonds is 2. The highest BCUT2D eigenvalue weighted by Crippen LogP contribution is 2.35. The Morgan fingerprint density at radius 2 is 1.50 bits per heavy atom. The summed E-state index contributed by atoms with van der Waals surface area (Å²) in [5.74, 6) is 0. The Morgan fingerprint density at radius 3 is 1.60 bits per heavy atom. The summed E-state index contributed by atoms with van der Waals surface area (Å²) >= 11 is 0. The van der Waals surface area contributed by atoms with Gasteiger partial charge >= 0.3 is 12.3 Å². The zero-order chi connectivity index (χ0) is 8.41. The third-order valence-corrected chi connectivity index (χ3v) is 0.656. The molecule has 6 heteroatoms. The average Bonchev–Trinajstić information content (AvgIpc) is 1.61. The van der Waals surface area contributed by atoms with Gasteiger partial charge in [-0.2, -0.15) is 22.0 Å². The van der Waals surface area contributed by atoms with Crippen molar-refractivity contribution in [2.24, 2.45) is 0 Å². The fraction of sp³-hybridized carbons (Fsp3) is 1.00. The van der Waals surface area contributed by atoms with E-state index in [0.29, 0.717) is 0 Å². The smallest absolute Gasteiger partial charge is 0.314 e. The molecule has 0 aliphatic carbocycles. The summed E-state index contributed by atoms with van der Waals surface area (Å²) < 4.78 is 59.7. The molecule has 1 nitrogen and oxygen atoms in total. The molecule has 62 valence electrons. The zero-order valence-corrected chi connectivity index (χ0v) is 5.01. The third-order valence-electron chi connectivity index (χ3n) is 0.656. The Hall–Kier alpha value is -0.390. The van der Waals surface area contributed by atoms with Gasteiger partial charge in [0.15, 0.2) is 0 Å². The summed E-state index contributed by atoms with van der Waals surface area (Å²) in [6.45, 7) is 0.381. The van der Waals surface area contributed by atoms with Crippen LogP contribution in [0, 0.1) is 0 Å². The highest BCUT2D eigenvalue weighted by atomic mass is 19.4. The molecule has 0 aromatic carbocycles. The van der Waals surface area contributed by atoms with Gasteiger partial charge in [-0.15, -0.1) is 0 Å². The SMILES string of the molecule is CCOC(F)(F)C(F)(F)F. The van der Waals surface area contributed by atoms with Crippen molar-refractivity contribution in [3.63, 3.8) is 0 Å². The highest BCUT2D eigenvalue weighted by Gasteiger charge is 2.59. The topological polar surface area (TPSA) is 9.23 Å². The fourth-order valence-electron chi connectivity index (χ4n) is 0.263. The largest absolute Gasteiger partial charge is 0.482 e.